The Labute approximate surface area is 139 Å². The van der Waals surface area contributed by atoms with Gasteiger partial charge < -0.3 is 9.47 Å². The molecule has 5 nitrogen and oxygen atoms in total. The van der Waals surface area contributed by atoms with Crippen LogP contribution in [0.4, 0.5) is 0 Å². The highest BCUT2D eigenvalue weighted by Crippen LogP contribution is 2.15. The minimum Gasteiger partial charge on any atom is -0.456 e. The summed E-state index contributed by atoms with van der Waals surface area (Å²) in [7, 11) is 0. The third kappa shape index (κ3) is 4.37. The van der Waals surface area contributed by atoms with E-state index in [-0.39, 0.29) is 12.6 Å². The van der Waals surface area contributed by atoms with Crippen LogP contribution in [-0.4, -0.2) is 42.2 Å². The van der Waals surface area contributed by atoms with Crippen LogP contribution in [0.3, 0.4) is 0 Å². The molecule has 1 aromatic heterocycles. The van der Waals surface area contributed by atoms with Crippen LogP contribution in [0.1, 0.15) is 26.5 Å². The number of hydrogen-bond acceptors (Lipinski definition) is 6. The van der Waals surface area contributed by atoms with Gasteiger partial charge in [-0.25, -0.2) is 9.78 Å². The van der Waals surface area contributed by atoms with Gasteiger partial charge in [-0.15, -0.1) is 11.3 Å². The first-order chi connectivity index (χ1) is 11.2. The van der Waals surface area contributed by atoms with E-state index in [9.17, 15) is 4.79 Å². The second-order valence-corrected chi connectivity index (χ2v) is 6.46. The van der Waals surface area contributed by atoms with E-state index >= 15 is 0 Å². The van der Waals surface area contributed by atoms with Crippen LogP contribution in [0.5, 0.6) is 0 Å². The summed E-state index contributed by atoms with van der Waals surface area (Å²) in [6.45, 7) is 6.59. The third-order valence-corrected chi connectivity index (χ3v) is 4.79. The van der Waals surface area contributed by atoms with Gasteiger partial charge in [0, 0.05) is 19.6 Å². The zero-order chi connectivity index (χ0) is 16.1. The summed E-state index contributed by atoms with van der Waals surface area (Å²) < 4.78 is 10.7. The lowest BCUT2D eigenvalue weighted by Crippen LogP contribution is -2.35. The van der Waals surface area contributed by atoms with Crippen molar-refractivity contribution in [2.45, 2.75) is 20.1 Å². The predicted octanol–water partition coefficient (Wildman–Crippen LogP) is 2.64. The fourth-order valence-electron chi connectivity index (χ4n) is 2.44. The molecular weight excluding hydrogens is 312 g/mol. The third-order valence-electron chi connectivity index (χ3n) is 3.88. The smallest absolute Gasteiger partial charge is 0.338 e. The minimum atomic E-state index is -0.296. The van der Waals surface area contributed by atoms with Crippen LogP contribution in [0.15, 0.2) is 29.8 Å². The van der Waals surface area contributed by atoms with E-state index in [1.54, 1.807) is 5.51 Å². The standard InChI is InChI=1S/C17H20N2O3S/c1-13-16(23-12-18-13)11-22-17(20)15-4-2-14(3-5-15)10-19-6-8-21-9-7-19/h2-5,12H,6-11H2,1H3. The highest BCUT2D eigenvalue weighted by molar-refractivity contribution is 7.09. The van der Waals surface area contributed by atoms with Crippen LogP contribution < -0.4 is 0 Å². The summed E-state index contributed by atoms with van der Waals surface area (Å²) in [5, 5.41) is 0. The van der Waals surface area contributed by atoms with Crippen LogP contribution in [0.2, 0.25) is 0 Å². The second-order valence-electron chi connectivity index (χ2n) is 5.52. The molecule has 1 saturated heterocycles. The van der Waals surface area contributed by atoms with Gasteiger partial charge in [0.1, 0.15) is 6.61 Å². The Kier molecular flexibility index (Phi) is 5.38. The van der Waals surface area contributed by atoms with Gasteiger partial charge in [0.25, 0.3) is 0 Å². The molecule has 3 rings (SSSR count). The van der Waals surface area contributed by atoms with Crippen LogP contribution in [0, 0.1) is 6.92 Å². The SMILES string of the molecule is Cc1ncsc1COC(=O)c1ccc(CN2CCOCC2)cc1. The number of carbonyl (C=O) groups is 1. The van der Waals surface area contributed by atoms with E-state index < -0.39 is 0 Å². The molecule has 1 fully saturated rings. The Morgan fingerprint density at radius 1 is 1.30 bits per heavy atom. The lowest BCUT2D eigenvalue weighted by molar-refractivity contribution is 0.0342. The molecule has 0 spiro atoms. The number of nitrogens with zero attached hydrogens (tertiary/aromatic N) is 2. The molecular formula is C17H20N2O3S. The fraction of sp³-hybridized carbons (Fsp3) is 0.412. The maximum atomic E-state index is 12.1. The highest BCUT2D eigenvalue weighted by Gasteiger charge is 2.12. The molecule has 2 aromatic rings. The van der Waals surface area contributed by atoms with Crippen molar-refractivity contribution in [3.8, 4) is 0 Å². The Morgan fingerprint density at radius 2 is 2.04 bits per heavy atom. The van der Waals surface area contributed by atoms with Crippen molar-refractivity contribution in [2.24, 2.45) is 0 Å². The molecule has 0 aliphatic carbocycles. The Morgan fingerprint density at radius 3 is 2.70 bits per heavy atom. The predicted molar refractivity (Wildman–Crippen MR) is 88.5 cm³/mol. The molecule has 0 saturated carbocycles. The Hall–Kier alpha value is -1.76. The molecule has 6 heteroatoms. The number of morpholine rings is 1. The van der Waals surface area contributed by atoms with Gasteiger partial charge >= 0.3 is 5.97 Å². The van der Waals surface area contributed by atoms with E-state index in [0.717, 1.165) is 43.4 Å². The van der Waals surface area contributed by atoms with E-state index in [1.165, 1.54) is 16.9 Å². The summed E-state index contributed by atoms with van der Waals surface area (Å²) in [6, 6.07) is 7.64. The molecule has 122 valence electrons. The topological polar surface area (TPSA) is 51.7 Å². The van der Waals surface area contributed by atoms with E-state index in [4.69, 9.17) is 9.47 Å². The molecule has 23 heavy (non-hydrogen) atoms. The first-order valence-corrected chi connectivity index (χ1v) is 8.55. The van der Waals surface area contributed by atoms with Crippen molar-refractivity contribution in [1.82, 2.24) is 9.88 Å². The normalized spacial score (nSPS) is 15.5. The van der Waals surface area contributed by atoms with E-state index in [1.807, 2.05) is 31.2 Å². The van der Waals surface area contributed by atoms with Crippen molar-refractivity contribution < 1.29 is 14.3 Å². The second kappa shape index (κ2) is 7.68. The summed E-state index contributed by atoms with van der Waals surface area (Å²) in [5.41, 5.74) is 4.46. The number of carbonyl (C=O) groups excluding carboxylic acids is 1. The van der Waals surface area contributed by atoms with Crippen LogP contribution >= 0.6 is 11.3 Å². The van der Waals surface area contributed by atoms with Crippen molar-refractivity contribution in [3.05, 3.63) is 51.5 Å². The van der Waals surface area contributed by atoms with Crippen LogP contribution in [-0.2, 0) is 22.6 Å². The number of benzene rings is 1. The van der Waals surface area contributed by atoms with Gasteiger partial charge in [0.05, 0.1) is 34.9 Å². The molecule has 0 amide bonds. The van der Waals surface area contributed by atoms with Crippen molar-refractivity contribution in [2.75, 3.05) is 26.3 Å². The minimum absolute atomic E-state index is 0.283. The van der Waals surface area contributed by atoms with Gasteiger partial charge in [0.2, 0.25) is 0 Å². The maximum Gasteiger partial charge on any atom is 0.338 e. The van der Waals surface area contributed by atoms with Crippen LogP contribution in [0.25, 0.3) is 0 Å². The summed E-state index contributed by atoms with van der Waals surface area (Å²) in [6.07, 6.45) is 0. The molecule has 2 heterocycles. The van der Waals surface area contributed by atoms with E-state index in [0.29, 0.717) is 5.56 Å². The summed E-state index contributed by atoms with van der Waals surface area (Å²) in [4.78, 5) is 19.6. The molecule has 0 atom stereocenters. The number of hydrogen-bond donors (Lipinski definition) is 0. The highest BCUT2D eigenvalue weighted by atomic mass is 32.1. The number of rotatable bonds is 5. The van der Waals surface area contributed by atoms with Gasteiger partial charge in [-0.2, -0.15) is 0 Å². The number of aryl methyl sites for hydroxylation is 1. The van der Waals surface area contributed by atoms with Crippen molar-refractivity contribution >= 4 is 17.3 Å². The zero-order valence-corrected chi connectivity index (χ0v) is 14.0. The van der Waals surface area contributed by atoms with Crippen molar-refractivity contribution in [1.29, 1.82) is 0 Å². The number of aromatic nitrogens is 1. The molecule has 1 aliphatic heterocycles. The fourth-order valence-corrected chi connectivity index (χ4v) is 3.13. The van der Waals surface area contributed by atoms with Crippen molar-refractivity contribution in [3.63, 3.8) is 0 Å². The number of thiazole rings is 1. The number of ether oxygens (including phenoxy) is 2. The van der Waals surface area contributed by atoms with Gasteiger partial charge in [-0.1, -0.05) is 12.1 Å². The average molecular weight is 332 g/mol. The Balaban J connectivity index is 1.53. The monoisotopic (exact) mass is 332 g/mol. The quantitative estimate of drug-likeness (QED) is 0.788. The van der Waals surface area contributed by atoms with E-state index in [2.05, 4.69) is 9.88 Å². The molecule has 1 aliphatic rings. The number of esters is 1. The zero-order valence-electron chi connectivity index (χ0n) is 13.2. The molecule has 0 bridgehead atoms. The molecule has 1 aromatic carbocycles. The first kappa shape index (κ1) is 16.1. The lowest BCUT2D eigenvalue weighted by Gasteiger charge is -2.26. The maximum absolute atomic E-state index is 12.1. The lowest BCUT2D eigenvalue weighted by atomic mass is 10.1. The van der Waals surface area contributed by atoms with Gasteiger partial charge in [-0.05, 0) is 24.6 Å². The average Bonchev–Trinajstić information content (AvgIpc) is 2.99. The molecule has 0 N–H and O–H groups in total. The summed E-state index contributed by atoms with van der Waals surface area (Å²) in [5.74, 6) is -0.296. The molecule has 0 unspecified atom stereocenters. The first-order valence-electron chi connectivity index (χ1n) is 7.67. The van der Waals surface area contributed by atoms with Gasteiger partial charge in [-0.3, -0.25) is 4.90 Å². The summed E-state index contributed by atoms with van der Waals surface area (Å²) >= 11 is 1.50. The Bertz CT molecular complexity index is 648. The van der Waals surface area contributed by atoms with Gasteiger partial charge in [0.15, 0.2) is 0 Å². The largest absolute Gasteiger partial charge is 0.456 e. The molecule has 0 radical (unpaired) electrons.